The van der Waals surface area contributed by atoms with Crippen LogP contribution in [0.4, 0.5) is 0 Å². The lowest BCUT2D eigenvalue weighted by molar-refractivity contribution is 0.128. The average molecular weight is 222 g/mol. The van der Waals surface area contributed by atoms with Crippen LogP contribution in [0, 0.1) is 5.41 Å². The Morgan fingerprint density at radius 1 is 1.50 bits per heavy atom. The fourth-order valence-electron chi connectivity index (χ4n) is 2.63. The van der Waals surface area contributed by atoms with Crippen molar-refractivity contribution in [1.29, 1.82) is 0 Å². The van der Waals surface area contributed by atoms with E-state index in [4.69, 9.17) is 0 Å². The van der Waals surface area contributed by atoms with Crippen molar-refractivity contribution >= 4 is 0 Å². The van der Waals surface area contributed by atoms with Crippen LogP contribution in [0.3, 0.4) is 0 Å². The molecule has 0 aromatic carbocycles. The standard InChI is InChI=1S/C12H22N4/c1-3-7-16-11(14-10-15-16)8-12(9-13-2)5-4-6-12/h10,13H,3-9H2,1-2H3. The summed E-state index contributed by atoms with van der Waals surface area (Å²) in [5, 5.41) is 7.61. The van der Waals surface area contributed by atoms with E-state index in [0.29, 0.717) is 5.41 Å². The average Bonchev–Trinajstić information content (AvgIpc) is 2.63. The van der Waals surface area contributed by atoms with Gasteiger partial charge in [0.2, 0.25) is 0 Å². The highest BCUT2D eigenvalue weighted by atomic mass is 15.3. The third kappa shape index (κ3) is 2.26. The third-order valence-electron chi connectivity index (χ3n) is 3.63. The van der Waals surface area contributed by atoms with E-state index in [1.54, 1.807) is 6.33 Å². The highest BCUT2D eigenvalue weighted by Crippen LogP contribution is 2.42. The predicted octanol–water partition coefficient (Wildman–Crippen LogP) is 1.62. The van der Waals surface area contributed by atoms with Crippen molar-refractivity contribution < 1.29 is 0 Å². The van der Waals surface area contributed by atoms with Crippen molar-refractivity contribution in [3.63, 3.8) is 0 Å². The highest BCUT2D eigenvalue weighted by Gasteiger charge is 2.37. The molecule has 0 atom stereocenters. The van der Waals surface area contributed by atoms with Crippen LogP contribution in [0.2, 0.25) is 0 Å². The maximum absolute atomic E-state index is 4.41. The van der Waals surface area contributed by atoms with Gasteiger partial charge in [-0.3, -0.25) is 4.68 Å². The molecule has 1 aromatic heterocycles. The molecule has 0 aliphatic heterocycles. The zero-order valence-corrected chi connectivity index (χ0v) is 10.4. The first-order valence-corrected chi connectivity index (χ1v) is 6.31. The fraction of sp³-hybridized carbons (Fsp3) is 0.833. The fourth-order valence-corrected chi connectivity index (χ4v) is 2.63. The van der Waals surface area contributed by atoms with E-state index in [2.05, 4.69) is 27.0 Å². The van der Waals surface area contributed by atoms with Crippen molar-refractivity contribution in [2.75, 3.05) is 13.6 Å². The summed E-state index contributed by atoms with van der Waals surface area (Å²) in [5.74, 6) is 1.16. The van der Waals surface area contributed by atoms with E-state index < -0.39 is 0 Å². The smallest absolute Gasteiger partial charge is 0.138 e. The topological polar surface area (TPSA) is 42.7 Å². The first-order chi connectivity index (χ1) is 7.79. The molecule has 90 valence electrons. The summed E-state index contributed by atoms with van der Waals surface area (Å²) in [6.45, 7) is 4.27. The van der Waals surface area contributed by atoms with Gasteiger partial charge in [-0.25, -0.2) is 4.98 Å². The molecule has 0 unspecified atom stereocenters. The van der Waals surface area contributed by atoms with E-state index in [0.717, 1.165) is 31.8 Å². The molecule has 16 heavy (non-hydrogen) atoms. The number of hydrogen-bond acceptors (Lipinski definition) is 3. The number of rotatable bonds is 6. The number of nitrogens with one attached hydrogen (secondary N) is 1. The van der Waals surface area contributed by atoms with Crippen LogP contribution in [0.15, 0.2) is 6.33 Å². The Hall–Kier alpha value is -0.900. The Morgan fingerprint density at radius 3 is 2.88 bits per heavy atom. The van der Waals surface area contributed by atoms with Crippen LogP contribution in [0.5, 0.6) is 0 Å². The van der Waals surface area contributed by atoms with E-state index in [-0.39, 0.29) is 0 Å². The molecular weight excluding hydrogens is 200 g/mol. The Labute approximate surface area is 97.5 Å². The number of hydrogen-bond donors (Lipinski definition) is 1. The second kappa shape index (κ2) is 4.95. The maximum Gasteiger partial charge on any atom is 0.138 e. The van der Waals surface area contributed by atoms with Crippen molar-refractivity contribution in [3.05, 3.63) is 12.2 Å². The van der Waals surface area contributed by atoms with Crippen LogP contribution in [-0.4, -0.2) is 28.4 Å². The first-order valence-electron chi connectivity index (χ1n) is 6.31. The summed E-state index contributed by atoms with van der Waals surface area (Å²) in [6, 6.07) is 0. The molecule has 1 saturated carbocycles. The Kier molecular flexibility index (Phi) is 3.59. The summed E-state index contributed by atoms with van der Waals surface area (Å²) in [4.78, 5) is 4.41. The number of aryl methyl sites for hydroxylation is 1. The van der Waals surface area contributed by atoms with Gasteiger partial charge >= 0.3 is 0 Å². The van der Waals surface area contributed by atoms with Gasteiger partial charge in [0.15, 0.2) is 0 Å². The molecule has 1 N–H and O–H groups in total. The number of aromatic nitrogens is 3. The summed E-state index contributed by atoms with van der Waals surface area (Å²) in [5.41, 5.74) is 0.452. The van der Waals surface area contributed by atoms with Crippen molar-refractivity contribution in [3.8, 4) is 0 Å². The third-order valence-corrected chi connectivity index (χ3v) is 3.63. The van der Waals surface area contributed by atoms with Gasteiger partial charge in [-0.1, -0.05) is 13.3 Å². The molecule has 0 radical (unpaired) electrons. The largest absolute Gasteiger partial charge is 0.319 e. The van der Waals surface area contributed by atoms with E-state index >= 15 is 0 Å². The van der Waals surface area contributed by atoms with Crippen molar-refractivity contribution in [1.82, 2.24) is 20.1 Å². The molecule has 1 aliphatic carbocycles. The summed E-state index contributed by atoms with van der Waals surface area (Å²) < 4.78 is 2.07. The van der Waals surface area contributed by atoms with Gasteiger partial charge in [-0.2, -0.15) is 5.10 Å². The van der Waals surface area contributed by atoms with Crippen molar-refractivity contribution in [2.45, 2.75) is 45.6 Å². The lowest BCUT2D eigenvalue weighted by Gasteiger charge is -2.41. The van der Waals surface area contributed by atoms with Gasteiger partial charge in [0, 0.05) is 19.5 Å². The van der Waals surface area contributed by atoms with E-state index in [9.17, 15) is 0 Å². The van der Waals surface area contributed by atoms with Crippen LogP contribution < -0.4 is 5.32 Å². The minimum atomic E-state index is 0.452. The molecule has 0 bridgehead atoms. The molecule has 1 aliphatic rings. The minimum Gasteiger partial charge on any atom is -0.319 e. The van der Waals surface area contributed by atoms with Gasteiger partial charge in [0.05, 0.1) is 0 Å². The maximum atomic E-state index is 4.41. The highest BCUT2D eigenvalue weighted by molar-refractivity contribution is 4.99. The Morgan fingerprint density at radius 2 is 2.31 bits per heavy atom. The number of nitrogens with zero attached hydrogens (tertiary/aromatic N) is 3. The lowest BCUT2D eigenvalue weighted by Crippen LogP contribution is -2.41. The van der Waals surface area contributed by atoms with Crippen LogP contribution in [-0.2, 0) is 13.0 Å². The van der Waals surface area contributed by atoms with Gasteiger partial charge in [0.25, 0.3) is 0 Å². The van der Waals surface area contributed by atoms with Crippen LogP contribution >= 0.6 is 0 Å². The van der Waals surface area contributed by atoms with Crippen LogP contribution in [0.25, 0.3) is 0 Å². The summed E-state index contributed by atoms with van der Waals surface area (Å²) >= 11 is 0. The van der Waals surface area contributed by atoms with E-state index in [1.165, 1.54) is 19.3 Å². The predicted molar refractivity (Wildman–Crippen MR) is 64.2 cm³/mol. The molecule has 0 amide bonds. The summed E-state index contributed by atoms with van der Waals surface area (Å²) in [7, 11) is 2.04. The minimum absolute atomic E-state index is 0.452. The van der Waals surface area contributed by atoms with Gasteiger partial charge in [-0.05, 0) is 31.7 Å². The molecule has 1 heterocycles. The van der Waals surface area contributed by atoms with Gasteiger partial charge in [0.1, 0.15) is 12.2 Å². The molecule has 2 rings (SSSR count). The van der Waals surface area contributed by atoms with Gasteiger partial charge < -0.3 is 5.32 Å². The second-order valence-corrected chi connectivity index (χ2v) is 4.96. The van der Waals surface area contributed by atoms with Gasteiger partial charge in [-0.15, -0.1) is 0 Å². The van der Waals surface area contributed by atoms with Crippen LogP contribution in [0.1, 0.15) is 38.4 Å². The zero-order chi connectivity index (χ0) is 11.4. The SMILES string of the molecule is CCCn1ncnc1CC1(CNC)CCC1. The zero-order valence-electron chi connectivity index (χ0n) is 10.4. The Bertz CT molecular complexity index is 328. The molecule has 1 fully saturated rings. The normalized spacial score (nSPS) is 18.4. The van der Waals surface area contributed by atoms with E-state index in [1.807, 2.05) is 7.05 Å². The first kappa shape index (κ1) is 11.6. The molecular formula is C12H22N4. The van der Waals surface area contributed by atoms with Crippen molar-refractivity contribution in [2.24, 2.45) is 5.41 Å². The monoisotopic (exact) mass is 222 g/mol. The second-order valence-electron chi connectivity index (χ2n) is 4.96. The molecule has 4 nitrogen and oxygen atoms in total. The summed E-state index contributed by atoms with van der Waals surface area (Å²) in [6.07, 6.45) is 7.91. The molecule has 0 spiro atoms. The molecule has 4 heteroatoms. The Balaban J connectivity index is 2.04. The molecule has 0 saturated heterocycles. The lowest BCUT2D eigenvalue weighted by atomic mass is 9.66. The quantitative estimate of drug-likeness (QED) is 0.795. The molecule has 1 aromatic rings.